The van der Waals surface area contributed by atoms with Crippen LogP contribution in [0, 0.1) is 5.92 Å². The highest BCUT2D eigenvalue weighted by Crippen LogP contribution is 2.60. The van der Waals surface area contributed by atoms with Gasteiger partial charge in [0.05, 0.1) is 11.4 Å². The van der Waals surface area contributed by atoms with Gasteiger partial charge in [0.2, 0.25) is 0 Å². The van der Waals surface area contributed by atoms with E-state index in [1.165, 1.54) is 49.8 Å². The van der Waals surface area contributed by atoms with E-state index >= 15 is 0 Å². The summed E-state index contributed by atoms with van der Waals surface area (Å²) in [7, 11) is 0. The van der Waals surface area contributed by atoms with Crippen LogP contribution in [0.5, 0.6) is 0 Å². The first kappa shape index (κ1) is 16.5. The number of hydrogen-bond donors (Lipinski definition) is 0. The normalized spacial score (nSPS) is 33.6. The van der Waals surface area contributed by atoms with Crippen LogP contribution < -0.4 is 0 Å². The van der Waals surface area contributed by atoms with Crippen molar-refractivity contribution in [3.63, 3.8) is 0 Å². The Kier molecular flexibility index (Phi) is 3.56. The van der Waals surface area contributed by atoms with E-state index < -0.39 is 0 Å². The van der Waals surface area contributed by atoms with E-state index in [0.29, 0.717) is 11.8 Å². The van der Waals surface area contributed by atoms with Crippen molar-refractivity contribution in [2.24, 2.45) is 10.9 Å². The average Bonchev–Trinajstić information content (AvgIpc) is 3.06. The van der Waals surface area contributed by atoms with E-state index in [2.05, 4.69) is 35.2 Å². The highest BCUT2D eigenvalue weighted by atomic mass is 16.1. The van der Waals surface area contributed by atoms with Gasteiger partial charge in [0.15, 0.2) is 5.78 Å². The van der Waals surface area contributed by atoms with Crippen LogP contribution in [-0.4, -0.2) is 22.1 Å². The van der Waals surface area contributed by atoms with Crippen molar-refractivity contribution in [3.8, 4) is 0 Å². The molecule has 142 valence electrons. The fourth-order valence-corrected chi connectivity index (χ4v) is 6.48. The van der Waals surface area contributed by atoms with E-state index in [9.17, 15) is 4.79 Å². The molecule has 2 aliphatic heterocycles. The minimum absolute atomic E-state index is 0.0986. The number of hydrogen-bond acceptors (Lipinski definition) is 3. The number of carbonyl (C=O) groups is 1. The van der Waals surface area contributed by atoms with Crippen LogP contribution in [0.1, 0.15) is 62.8 Å². The van der Waals surface area contributed by atoms with E-state index in [-0.39, 0.29) is 11.4 Å². The van der Waals surface area contributed by atoms with Gasteiger partial charge in [-0.3, -0.25) is 9.79 Å². The molecule has 0 N–H and O–H groups in total. The third kappa shape index (κ3) is 2.16. The van der Waals surface area contributed by atoms with Crippen molar-refractivity contribution in [2.45, 2.75) is 62.9 Å². The van der Waals surface area contributed by atoms with Gasteiger partial charge in [-0.2, -0.15) is 0 Å². The molecule has 1 aromatic carbocycles. The summed E-state index contributed by atoms with van der Waals surface area (Å²) in [6.45, 7) is 0. The second-order valence-electron chi connectivity index (χ2n) is 8.90. The molecule has 5 aliphatic rings. The molecule has 3 heteroatoms. The Morgan fingerprint density at radius 3 is 2.75 bits per heavy atom. The Balaban J connectivity index is 1.61. The molecular weight excluding hydrogens is 344 g/mol. The van der Waals surface area contributed by atoms with Gasteiger partial charge in [-0.1, -0.05) is 36.8 Å². The monoisotopic (exact) mass is 370 g/mol. The van der Waals surface area contributed by atoms with Gasteiger partial charge < -0.3 is 4.90 Å². The Morgan fingerprint density at radius 2 is 1.86 bits per heavy atom. The SMILES string of the molecule is O=C1C=CC2=N[C@@]34CCCC[C@H]3[C@H](c3ccccc3)C3=C(CCCC3)N4C2=C1. The predicted octanol–water partition coefficient (Wildman–Crippen LogP) is 5.28. The van der Waals surface area contributed by atoms with Gasteiger partial charge in [-0.15, -0.1) is 0 Å². The number of allylic oxidation sites excluding steroid dienone is 5. The molecule has 0 aromatic heterocycles. The fourth-order valence-electron chi connectivity index (χ4n) is 6.48. The van der Waals surface area contributed by atoms with Crippen molar-refractivity contribution in [2.75, 3.05) is 0 Å². The van der Waals surface area contributed by atoms with Crippen molar-refractivity contribution >= 4 is 11.5 Å². The summed E-state index contributed by atoms with van der Waals surface area (Å²) in [6.07, 6.45) is 15.1. The molecule has 0 amide bonds. The molecule has 2 heterocycles. The maximum atomic E-state index is 12.2. The quantitative estimate of drug-likeness (QED) is 0.630. The topological polar surface area (TPSA) is 32.7 Å². The van der Waals surface area contributed by atoms with E-state index in [1.807, 2.05) is 12.2 Å². The minimum Gasteiger partial charge on any atom is -0.318 e. The maximum Gasteiger partial charge on any atom is 0.180 e. The van der Waals surface area contributed by atoms with Crippen molar-refractivity contribution in [1.82, 2.24) is 4.90 Å². The average molecular weight is 370 g/mol. The first-order valence-corrected chi connectivity index (χ1v) is 10.9. The molecule has 3 atom stereocenters. The molecule has 1 spiro atoms. The van der Waals surface area contributed by atoms with E-state index in [0.717, 1.165) is 24.3 Å². The summed E-state index contributed by atoms with van der Waals surface area (Å²) in [4.78, 5) is 20.2. The van der Waals surface area contributed by atoms with E-state index in [1.54, 1.807) is 11.6 Å². The molecule has 1 aromatic rings. The smallest absolute Gasteiger partial charge is 0.180 e. The summed E-state index contributed by atoms with van der Waals surface area (Å²) in [6, 6.07) is 11.1. The zero-order valence-corrected chi connectivity index (χ0v) is 16.2. The number of aliphatic imine (C=N–C) groups is 1. The van der Waals surface area contributed by atoms with Crippen LogP contribution in [-0.2, 0) is 4.79 Å². The number of carbonyl (C=O) groups excluding carboxylic acids is 1. The van der Waals surface area contributed by atoms with Gasteiger partial charge in [-0.05, 0) is 68.2 Å². The standard InChI is InChI=1S/C25H26N2O/c28-18-13-14-21-23(16-18)27-22-12-5-4-10-19(22)24(17-8-2-1-3-9-17)20-11-6-7-15-25(20,27)26-21/h1-3,8-9,13-14,16,20,24H,4-7,10-12,15H2/t20-,24+,25+/m0/s1. The first-order chi connectivity index (χ1) is 13.8. The van der Waals surface area contributed by atoms with Gasteiger partial charge in [0.25, 0.3) is 0 Å². The Bertz CT molecular complexity index is 968. The lowest BCUT2D eigenvalue weighted by Gasteiger charge is -2.56. The molecule has 3 nitrogen and oxygen atoms in total. The van der Waals surface area contributed by atoms with Crippen molar-refractivity contribution in [1.29, 1.82) is 0 Å². The van der Waals surface area contributed by atoms with Crippen molar-refractivity contribution in [3.05, 3.63) is 71.1 Å². The molecule has 0 saturated heterocycles. The number of rotatable bonds is 1. The predicted molar refractivity (Wildman–Crippen MR) is 111 cm³/mol. The van der Waals surface area contributed by atoms with Crippen LogP contribution in [0.15, 0.2) is 70.5 Å². The lowest BCUT2D eigenvalue weighted by Crippen LogP contribution is -2.56. The highest BCUT2D eigenvalue weighted by molar-refractivity contribution is 6.20. The molecule has 6 rings (SSSR count). The molecule has 0 unspecified atom stereocenters. The lowest BCUT2D eigenvalue weighted by molar-refractivity contribution is -0.110. The third-order valence-corrected chi connectivity index (χ3v) is 7.48. The lowest BCUT2D eigenvalue weighted by atomic mass is 9.62. The summed E-state index contributed by atoms with van der Waals surface area (Å²) >= 11 is 0. The summed E-state index contributed by atoms with van der Waals surface area (Å²) < 4.78 is 0. The number of benzene rings is 1. The molecule has 0 radical (unpaired) electrons. The molecule has 1 saturated carbocycles. The molecule has 28 heavy (non-hydrogen) atoms. The first-order valence-electron chi connectivity index (χ1n) is 10.9. The van der Waals surface area contributed by atoms with Gasteiger partial charge >= 0.3 is 0 Å². The second kappa shape index (κ2) is 6.04. The largest absolute Gasteiger partial charge is 0.318 e. The third-order valence-electron chi connectivity index (χ3n) is 7.48. The van der Waals surface area contributed by atoms with Crippen LogP contribution in [0.3, 0.4) is 0 Å². The van der Waals surface area contributed by atoms with Crippen LogP contribution in [0.25, 0.3) is 0 Å². The van der Waals surface area contributed by atoms with Gasteiger partial charge in [0, 0.05) is 23.6 Å². The second-order valence-corrected chi connectivity index (χ2v) is 8.90. The molecule has 3 aliphatic carbocycles. The fraction of sp³-hybridized carbons (Fsp3) is 0.440. The summed E-state index contributed by atoms with van der Waals surface area (Å²) in [5, 5.41) is 0. The summed E-state index contributed by atoms with van der Waals surface area (Å²) in [5.41, 5.74) is 6.47. The molecule has 0 bridgehead atoms. The maximum absolute atomic E-state index is 12.2. The Morgan fingerprint density at radius 1 is 1.00 bits per heavy atom. The number of ketones is 1. The van der Waals surface area contributed by atoms with Crippen molar-refractivity contribution < 1.29 is 4.79 Å². The van der Waals surface area contributed by atoms with E-state index in [4.69, 9.17) is 4.99 Å². The van der Waals surface area contributed by atoms with Crippen LogP contribution in [0.4, 0.5) is 0 Å². The number of fused-ring (bicyclic) bond motifs is 3. The summed E-state index contributed by atoms with van der Waals surface area (Å²) in [5.74, 6) is 1.06. The highest BCUT2D eigenvalue weighted by Gasteiger charge is 2.58. The van der Waals surface area contributed by atoms with Gasteiger partial charge in [0.1, 0.15) is 5.66 Å². The van der Waals surface area contributed by atoms with Crippen LogP contribution >= 0.6 is 0 Å². The van der Waals surface area contributed by atoms with Gasteiger partial charge in [-0.25, -0.2) is 0 Å². The molecular formula is C25H26N2O. The molecule has 1 fully saturated rings. The van der Waals surface area contributed by atoms with Crippen LogP contribution in [0.2, 0.25) is 0 Å². The zero-order chi connectivity index (χ0) is 18.7. The number of nitrogens with zero attached hydrogens (tertiary/aromatic N) is 2. The zero-order valence-electron chi connectivity index (χ0n) is 16.2. The Labute approximate surface area is 166 Å². The minimum atomic E-state index is -0.189. The Hall–Kier alpha value is -2.42.